The highest BCUT2D eigenvalue weighted by Crippen LogP contribution is 2.29. The third-order valence-corrected chi connectivity index (χ3v) is 9.19. The third kappa shape index (κ3) is 7.69. The number of sulfonamides is 1. The maximum Gasteiger partial charge on any atom is 0.264 e. The Bertz CT molecular complexity index is 1480. The molecular weight excluding hydrogens is 593 g/mol. The van der Waals surface area contributed by atoms with Gasteiger partial charge in [-0.25, -0.2) is 8.42 Å². The number of anilines is 1. The lowest BCUT2D eigenvalue weighted by atomic mass is 10.1. The molecule has 0 saturated carbocycles. The van der Waals surface area contributed by atoms with Crippen LogP contribution in [0.4, 0.5) is 5.69 Å². The summed E-state index contributed by atoms with van der Waals surface area (Å²) in [5.41, 5.74) is 2.42. The molecule has 40 heavy (non-hydrogen) atoms. The first-order valence-electron chi connectivity index (χ1n) is 12.7. The lowest BCUT2D eigenvalue weighted by Crippen LogP contribution is -2.51. The van der Waals surface area contributed by atoms with E-state index >= 15 is 0 Å². The Hall–Kier alpha value is -2.78. The molecule has 11 heteroatoms. The van der Waals surface area contributed by atoms with Gasteiger partial charge in [0.15, 0.2) is 0 Å². The fourth-order valence-corrected chi connectivity index (χ4v) is 5.96. The lowest BCUT2D eigenvalue weighted by molar-refractivity contribution is -0.139. The molecule has 3 aromatic rings. The Labute approximate surface area is 251 Å². The summed E-state index contributed by atoms with van der Waals surface area (Å²) in [6.45, 7) is 6.97. The van der Waals surface area contributed by atoms with Gasteiger partial charge in [-0.05, 0) is 74.7 Å². The van der Waals surface area contributed by atoms with Crippen molar-refractivity contribution >= 4 is 62.3 Å². The fourth-order valence-electron chi connectivity index (χ4n) is 3.92. The molecule has 3 aromatic carbocycles. The van der Waals surface area contributed by atoms with E-state index in [-0.39, 0.29) is 23.0 Å². The van der Waals surface area contributed by atoms with Crippen molar-refractivity contribution in [2.45, 2.75) is 51.6 Å². The highest BCUT2D eigenvalue weighted by Gasteiger charge is 2.33. The van der Waals surface area contributed by atoms with Crippen molar-refractivity contribution in [3.8, 4) is 0 Å². The number of rotatable bonds is 11. The standard InChI is InChI=1S/C29H32Cl3N3O4S/c1-5-14-33-29(37)21(4)34(17-22-9-10-23(30)15-27(22)32)28(36)18-35(24-11-8-20(3)26(31)16-24)40(38,39)25-12-6-19(2)7-13-25/h6-13,15-16,21H,5,14,17-18H2,1-4H3,(H,33,37). The summed E-state index contributed by atoms with van der Waals surface area (Å²) in [5, 5.41) is 3.90. The zero-order valence-electron chi connectivity index (χ0n) is 22.7. The van der Waals surface area contributed by atoms with Crippen LogP contribution in [0, 0.1) is 13.8 Å². The van der Waals surface area contributed by atoms with E-state index in [2.05, 4.69) is 5.32 Å². The van der Waals surface area contributed by atoms with E-state index in [0.29, 0.717) is 33.6 Å². The van der Waals surface area contributed by atoms with E-state index in [1.807, 2.05) is 13.8 Å². The Morgan fingerprint density at radius 2 is 1.60 bits per heavy atom. The van der Waals surface area contributed by atoms with Gasteiger partial charge in [0.1, 0.15) is 12.6 Å². The second-order valence-electron chi connectivity index (χ2n) is 9.48. The van der Waals surface area contributed by atoms with Crippen LogP contribution in [0.25, 0.3) is 0 Å². The average Bonchev–Trinajstić information content (AvgIpc) is 2.91. The van der Waals surface area contributed by atoms with E-state index < -0.39 is 28.5 Å². The van der Waals surface area contributed by atoms with Gasteiger partial charge in [0, 0.05) is 28.2 Å². The molecule has 0 radical (unpaired) electrons. The Kier molecular flexibility index (Phi) is 10.9. The largest absolute Gasteiger partial charge is 0.354 e. The number of halogens is 3. The number of benzene rings is 3. The van der Waals surface area contributed by atoms with Gasteiger partial charge in [-0.1, -0.05) is 71.6 Å². The molecule has 214 valence electrons. The molecule has 0 aromatic heterocycles. The van der Waals surface area contributed by atoms with Crippen molar-refractivity contribution < 1.29 is 18.0 Å². The van der Waals surface area contributed by atoms with Crippen molar-refractivity contribution in [3.05, 3.63) is 92.4 Å². The maximum atomic E-state index is 14.0. The van der Waals surface area contributed by atoms with E-state index in [0.717, 1.165) is 15.4 Å². The second-order valence-corrected chi connectivity index (χ2v) is 12.6. The van der Waals surface area contributed by atoms with Gasteiger partial charge in [0.05, 0.1) is 10.6 Å². The number of hydrogen-bond acceptors (Lipinski definition) is 4. The van der Waals surface area contributed by atoms with E-state index in [9.17, 15) is 18.0 Å². The summed E-state index contributed by atoms with van der Waals surface area (Å²) >= 11 is 18.8. The number of carbonyl (C=O) groups excluding carboxylic acids is 2. The van der Waals surface area contributed by atoms with Crippen LogP contribution >= 0.6 is 34.8 Å². The molecule has 0 fully saturated rings. The molecule has 0 bridgehead atoms. The first kappa shape index (κ1) is 31.7. The topological polar surface area (TPSA) is 86.8 Å². The number of amides is 2. The number of aryl methyl sites for hydroxylation is 2. The van der Waals surface area contributed by atoms with Crippen LogP contribution in [0.3, 0.4) is 0 Å². The van der Waals surface area contributed by atoms with Crippen molar-refractivity contribution in [3.63, 3.8) is 0 Å². The minimum absolute atomic E-state index is 0.0173. The van der Waals surface area contributed by atoms with Gasteiger partial charge in [0.25, 0.3) is 10.0 Å². The highest BCUT2D eigenvalue weighted by molar-refractivity contribution is 7.92. The second kappa shape index (κ2) is 13.7. The first-order valence-corrected chi connectivity index (χ1v) is 15.3. The molecule has 0 spiro atoms. The monoisotopic (exact) mass is 623 g/mol. The minimum atomic E-state index is -4.19. The van der Waals surface area contributed by atoms with Crippen LogP contribution < -0.4 is 9.62 Å². The zero-order valence-corrected chi connectivity index (χ0v) is 25.8. The smallest absolute Gasteiger partial charge is 0.264 e. The van der Waals surface area contributed by atoms with E-state index in [1.165, 1.54) is 23.1 Å². The van der Waals surface area contributed by atoms with Gasteiger partial charge in [-0.15, -0.1) is 0 Å². The van der Waals surface area contributed by atoms with Gasteiger partial charge < -0.3 is 10.2 Å². The van der Waals surface area contributed by atoms with Crippen LogP contribution in [-0.2, 0) is 26.2 Å². The fraction of sp³-hybridized carbons (Fsp3) is 0.310. The van der Waals surface area contributed by atoms with Crippen LogP contribution in [0.15, 0.2) is 65.6 Å². The summed E-state index contributed by atoms with van der Waals surface area (Å²) in [5.74, 6) is -0.968. The highest BCUT2D eigenvalue weighted by atomic mass is 35.5. The van der Waals surface area contributed by atoms with Crippen LogP contribution in [0.5, 0.6) is 0 Å². The van der Waals surface area contributed by atoms with Gasteiger partial charge in [-0.2, -0.15) is 0 Å². The normalized spacial score (nSPS) is 12.1. The summed E-state index contributed by atoms with van der Waals surface area (Å²) < 4.78 is 28.8. The molecule has 3 rings (SSSR count). The Morgan fingerprint density at radius 3 is 2.20 bits per heavy atom. The molecule has 0 heterocycles. The average molecular weight is 625 g/mol. The molecule has 1 unspecified atom stereocenters. The number of nitrogens with zero attached hydrogens (tertiary/aromatic N) is 2. The molecule has 7 nitrogen and oxygen atoms in total. The van der Waals surface area contributed by atoms with Crippen molar-refractivity contribution in [2.24, 2.45) is 0 Å². The number of carbonyl (C=O) groups is 2. The maximum absolute atomic E-state index is 14.0. The molecule has 0 aliphatic heterocycles. The number of hydrogen-bond donors (Lipinski definition) is 1. The quantitative estimate of drug-likeness (QED) is 0.267. The molecule has 1 N–H and O–H groups in total. The van der Waals surface area contributed by atoms with Crippen molar-refractivity contribution in [2.75, 3.05) is 17.4 Å². The molecular formula is C29H32Cl3N3O4S. The SMILES string of the molecule is CCCNC(=O)C(C)N(Cc1ccc(Cl)cc1Cl)C(=O)CN(c1ccc(C)c(Cl)c1)S(=O)(=O)c1ccc(C)cc1. The predicted molar refractivity (Wildman–Crippen MR) is 162 cm³/mol. The van der Waals surface area contributed by atoms with E-state index in [1.54, 1.807) is 56.3 Å². The molecule has 2 amide bonds. The van der Waals surface area contributed by atoms with Gasteiger partial charge in [-0.3, -0.25) is 13.9 Å². The van der Waals surface area contributed by atoms with Crippen molar-refractivity contribution in [1.82, 2.24) is 10.2 Å². The molecule has 0 aliphatic carbocycles. The summed E-state index contributed by atoms with van der Waals surface area (Å²) in [7, 11) is -4.19. The molecule has 0 aliphatic rings. The lowest BCUT2D eigenvalue weighted by Gasteiger charge is -2.32. The van der Waals surface area contributed by atoms with Crippen molar-refractivity contribution in [1.29, 1.82) is 0 Å². The predicted octanol–water partition coefficient (Wildman–Crippen LogP) is 6.40. The summed E-state index contributed by atoms with van der Waals surface area (Å²) in [6.07, 6.45) is 0.714. The number of nitrogens with one attached hydrogen (secondary N) is 1. The third-order valence-electron chi connectivity index (χ3n) is 6.40. The van der Waals surface area contributed by atoms with Crippen LogP contribution in [0.1, 0.15) is 37.0 Å². The summed E-state index contributed by atoms with van der Waals surface area (Å²) in [4.78, 5) is 28.2. The Morgan fingerprint density at radius 1 is 0.925 bits per heavy atom. The zero-order chi connectivity index (χ0) is 29.6. The minimum Gasteiger partial charge on any atom is -0.354 e. The van der Waals surface area contributed by atoms with Crippen LogP contribution in [0.2, 0.25) is 15.1 Å². The van der Waals surface area contributed by atoms with Crippen LogP contribution in [-0.4, -0.2) is 44.3 Å². The van der Waals surface area contributed by atoms with E-state index in [4.69, 9.17) is 34.8 Å². The van der Waals surface area contributed by atoms with Gasteiger partial charge >= 0.3 is 0 Å². The molecule has 0 saturated heterocycles. The van der Waals surface area contributed by atoms with Gasteiger partial charge in [0.2, 0.25) is 11.8 Å². The summed E-state index contributed by atoms with van der Waals surface area (Å²) in [6, 6.07) is 15.1. The Balaban J connectivity index is 2.06. The molecule has 1 atom stereocenters. The first-order chi connectivity index (χ1) is 18.8.